The Hall–Kier alpha value is -1.10. The van der Waals surface area contributed by atoms with Gasteiger partial charge in [-0.1, -0.05) is 0 Å². The van der Waals surface area contributed by atoms with E-state index < -0.39 is 11.2 Å². The van der Waals surface area contributed by atoms with Crippen LogP contribution in [0.1, 0.15) is 18.4 Å². The molecule has 14 heavy (non-hydrogen) atoms. The number of rotatable bonds is 5. The number of hydrogen-bond donors (Lipinski definition) is 2. The van der Waals surface area contributed by atoms with E-state index in [9.17, 15) is 4.79 Å². The molecule has 0 aliphatic rings. The molecule has 1 atom stereocenters. The van der Waals surface area contributed by atoms with Gasteiger partial charge in [0.25, 0.3) is 0 Å². The maximum Gasteiger partial charge on any atom is 0.316 e. The summed E-state index contributed by atoms with van der Waals surface area (Å²) in [6.45, 7) is 0. The molecule has 1 N–H and O–H groups in total. The molecule has 0 spiro atoms. The number of aliphatic carboxylic acids is 1. The van der Waals surface area contributed by atoms with Crippen molar-refractivity contribution < 1.29 is 9.90 Å². The summed E-state index contributed by atoms with van der Waals surface area (Å²) in [6.07, 6.45) is 7.09. The number of thiol groups is 1. The van der Waals surface area contributed by atoms with Crippen LogP contribution in [-0.2, 0) is 11.2 Å². The molecule has 1 aromatic heterocycles. The normalized spacial score (nSPS) is 12.4. The van der Waals surface area contributed by atoms with Gasteiger partial charge in [0.05, 0.1) is 5.25 Å². The monoisotopic (exact) mass is 212 g/mol. The highest BCUT2D eigenvalue weighted by Gasteiger charge is 2.10. The summed E-state index contributed by atoms with van der Waals surface area (Å²) >= 11 is 3.94. The predicted octanol–water partition coefficient (Wildman–Crippen LogP) is 1.18. The third-order valence-electron chi connectivity index (χ3n) is 1.84. The Morgan fingerprint density at radius 2 is 2.14 bits per heavy atom. The van der Waals surface area contributed by atoms with Gasteiger partial charge in [-0.05, 0) is 24.8 Å². The van der Waals surface area contributed by atoms with E-state index in [4.69, 9.17) is 5.11 Å². The van der Waals surface area contributed by atoms with Gasteiger partial charge in [-0.2, -0.15) is 12.6 Å². The van der Waals surface area contributed by atoms with Gasteiger partial charge in [-0.25, -0.2) is 9.97 Å². The fourth-order valence-electron chi connectivity index (χ4n) is 1.08. The molecule has 0 fully saturated rings. The summed E-state index contributed by atoms with van der Waals surface area (Å²) in [5.41, 5.74) is 1.03. The highest BCUT2D eigenvalue weighted by atomic mass is 32.1. The molecule has 1 heterocycles. The zero-order valence-electron chi connectivity index (χ0n) is 7.63. The smallest absolute Gasteiger partial charge is 0.316 e. The van der Waals surface area contributed by atoms with Gasteiger partial charge in [0, 0.05) is 12.4 Å². The van der Waals surface area contributed by atoms with Crippen LogP contribution in [0, 0.1) is 0 Å². The molecule has 0 aliphatic carbocycles. The van der Waals surface area contributed by atoms with Gasteiger partial charge in [0.2, 0.25) is 0 Å². The molecule has 0 saturated carbocycles. The van der Waals surface area contributed by atoms with Crippen LogP contribution in [-0.4, -0.2) is 26.3 Å². The molecule has 0 bridgehead atoms. The van der Waals surface area contributed by atoms with Crippen molar-refractivity contribution in [3.63, 3.8) is 0 Å². The first-order chi connectivity index (χ1) is 6.70. The Balaban J connectivity index is 2.26. The zero-order valence-corrected chi connectivity index (χ0v) is 8.52. The molecule has 0 radical (unpaired) electrons. The molecule has 4 nitrogen and oxygen atoms in total. The average molecular weight is 212 g/mol. The number of carboxylic acids is 1. The molecule has 5 heteroatoms. The lowest BCUT2D eigenvalue weighted by Gasteiger charge is -2.04. The first-order valence-electron chi connectivity index (χ1n) is 4.35. The summed E-state index contributed by atoms with van der Waals surface area (Å²) in [5, 5.41) is 8.01. The maximum absolute atomic E-state index is 10.4. The number of carboxylic acid groups (broad SMARTS) is 1. The molecular formula is C9H12N2O2S. The van der Waals surface area contributed by atoms with Crippen LogP contribution in [0.3, 0.4) is 0 Å². The van der Waals surface area contributed by atoms with Gasteiger partial charge >= 0.3 is 5.97 Å². The van der Waals surface area contributed by atoms with Crippen molar-refractivity contribution in [1.29, 1.82) is 0 Å². The topological polar surface area (TPSA) is 63.1 Å². The molecule has 1 rings (SSSR count). The quantitative estimate of drug-likeness (QED) is 0.719. The second kappa shape index (κ2) is 5.59. The molecule has 0 amide bonds. The Kier molecular flexibility index (Phi) is 4.39. The second-order valence-electron chi connectivity index (χ2n) is 2.99. The summed E-state index contributed by atoms with van der Waals surface area (Å²) in [5.74, 6) is -0.863. The van der Waals surface area contributed by atoms with E-state index in [1.54, 1.807) is 12.4 Å². The van der Waals surface area contributed by atoms with Crippen molar-refractivity contribution in [2.45, 2.75) is 24.5 Å². The van der Waals surface area contributed by atoms with E-state index in [0.717, 1.165) is 18.4 Å². The highest BCUT2D eigenvalue weighted by Crippen LogP contribution is 2.08. The standard InChI is InChI=1S/C9H12N2O2S/c12-9(13)8(14)3-1-2-7-4-10-6-11-5-7/h4-6,8,14H,1-3H2,(H,12,13). The van der Waals surface area contributed by atoms with Gasteiger partial charge < -0.3 is 5.11 Å². The van der Waals surface area contributed by atoms with Gasteiger partial charge in [-0.15, -0.1) is 0 Å². The van der Waals surface area contributed by atoms with Crippen molar-refractivity contribution >= 4 is 18.6 Å². The van der Waals surface area contributed by atoms with Crippen molar-refractivity contribution in [2.75, 3.05) is 0 Å². The maximum atomic E-state index is 10.4. The summed E-state index contributed by atoms with van der Waals surface area (Å²) in [6, 6.07) is 0. The second-order valence-corrected chi connectivity index (χ2v) is 3.62. The average Bonchev–Trinajstić information content (AvgIpc) is 2.19. The highest BCUT2D eigenvalue weighted by molar-refractivity contribution is 7.81. The Morgan fingerprint density at radius 3 is 2.71 bits per heavy atom. The molecule has 1 aromatic rings. The van der Waals surface area contributed by atoms with E-state index in [0.29, 0.717) is 6.42 Å². The van der Waals surface area contributed by atoms with Crippen LogP contribution < -0.4 is 0 Å². The van der Waals surface area contributed by atoms with Crippen LogP contribution in [0.5, 0.6) is 0 Å². The number of hydrogen-bond acceptors (Lipinski definition) is 4. The Labute approximate surface area is 87.8 Å². The number of carbonyl (C=O) groups is 1. The zero-order chi connectivity index (χ0) is 10.4. The lowest BCUT2D eigenvalue weighted by atomic mass is 10.1. The van der Waals surface area contributed by atoms with Crippen molar-refractivity contribution in [3.8, 4) is 0 Å². The minimum absolute atomic E-state index is 0.563. The van der Waals surface area contributed by atoms with E-state index in [2.05, 4.69) is 22.6 Å². The SMILES string of the molecule is O=C(O)C(S)CCCc1cncnc1. The molecule has 0 saturated heterocycles. The van der Waals surface area contributed by atoms with E-state index in [1.807, 2.05) is 0 Å². The van der Waals surface area contributed by atoms with Crippen LogP contribution in [0.15, 0.2) is 18.7 Å². The van der Waals surface area contributed by atoms with Crippen molar-refractivity contribution in [3.05, 3.63) is 24.3 Å². The largest absolute Gasteiger partial charge is 0.480 e. The lowest BCUT2D eigenvalue weighted by molar-refractivity contribution is -0.136. The van der Waals surface area contributed by atoms with Gasteiger partial charge in [0.15, 0.2) is 0 Å². The van der Waals surface area contributed by atoms with Crippen molar-refractivity contribution in [2.24, 2.45) is 0 Å². The Bertz CT molecular complexity index is 292. The third-order valence-corrected chi connectivity index (χ3v) is 2.32. The first kappa shape index (κ1) is 11.0. The van der Waals surface area contributed by atoms with Gasteiger partial charge in [-0.3, -0.25) is 4.79 Å². The number of aromatic nitrogens is 2. The lowest BCUT2D eigenvalue weighted by Crippen LogP contribution is -2.13. The summed E-state index contributed by atoms with van der Waals surface area (Å²) < 4.78 is 0. The van der Waals surface area contributed by atoms with Gasteiger partial charge in [0.1, 0.15) is 6.33 Å². The summed E-state index contributed by atoms with van der Waals surface area (Å²) in [7, 11) is 0. The van der Waals surface area contributed by atoms with Crippen LogP contribution >= 0.6 is 12.6 Å². The third kappa shape index (κ3) is 3.74. The van der Waals surface area contributed by atoms with Crippen LogP contribution in [0.4, 0.5) is 0 Å². The molecular weight excluding hydrogens is 200 g/mol. The number of nitrogens with zero attached hydrogens (tertiary/aromatic N) is 2. The molecule has 0 aliphatic heterocycles. The molecule has 1 unspecified atom stereocenters. The van der Waals surface area contributed by atoms with E-state index in [-0.39, 0.29) is 0 Å². The molecule has 0 aromatic carbocycles. The summed E-state index contributed by atoms with van der Waals surface area (Å²) in [4.78, 5) is 18.2. The predicted molar refractivity (Wildman–Crippen MR) is 55.4 cm³/mol. The van der Waals surface area contributed by atoms with E-state index >= 15 is 0 Å². The van der Waals surface area contributed by atoms with E-state index in [1.165, 1.54) is 6.33 Å². The fourth-order valence-corrected chi connectivity index (χ4v) is 1.26. The van der Waals surface area contributed by atoms with Crippen LogP contribution in [0.25, 0.3) is 0 Å². The fraction of sp³-hybridized carbons (Fsp3) is 0.444. The minimum Gasteiger partial charge on any atom is -0.480 e. The number of aryl methyl sites for hydroxylation is 1. The van der Waals surface area contributed by atoms with Crippen molar-refractivity contribution in [1.82, 2.24) is 9.97 Å². The molecule has 76 valence electrons. The van der Waals surface area contributed by atoms with Crippen LogP contribution in [0.2, 0.25) is 0 Å². The first-order valence-corrected chi connectivity index (χ1v) is 4.86. The Morgan fingerprint density at radius 1 is 1.50 bits per heavy atom. The minimum atomic E-state index is -0.863.